The maximum atomic E-state index is 13.6. The first kappa shape index (κ1) is 19.3. The van der Waals surface area contributed by atoms with E-state index in [9.17, 15) is 9.50 Å². The average molecular weight is 377 g/mol. The van der Waals surface area contributed by atoms with Gasteiger partial charge in [0.05, 0.1) is 6.04 Å². The third-order valence-electron chi connectivity index (χ3n) is 6.66. The number of halogens is 1. The zero-order valence-corrected chi connectivity index (χ0v) is 16.1. The van der Waals surface area contributed by atoms with Crippen molar-refractivity contribution in [1.29, 1.82) is 0 Å². The average Bonchev–Trinajstić information content (AvgIpc) is 3.34. The fourth-order valence-electron chi connectivity index (χ4n) is 5.32. The van der Waals surface area contributed by atoms with Gasteiger partial charge in [-0.15, -0.1) is 0 Å². The Kier molecular flexibility index (Phi) is 6.40. The third kappa shape index (κ3) is 4.51. The Bertz CT molecular complexity index is 610. The lowest BCUT2D eigenvalue weighted by Crippen LogP contribution is -2.57. The Labute approximate surface area is 161 Å². The van der Waals surface area contributed by atoms with Crippen LogP contribution in [0.4, 0.5) is 4.39 Å². The van der Waals surface area contributed by atoms with Crippen LogP contribution >= 0.6 is 0 Å². The van der Waals surface area contributed by atoms with E-state index in [1.165, 1.54) is 31.7 Å². The van der Waals surface area contributed by atoms with Gasteiger partial charge < -0.3 is 10.0 Å². The van der Waals surface area contributed by atoms with Crippen molar-refractivity contribution in [3.63, 3.8) is 0 Å². The van der Waals surface area contributed by atoms with Crippen LogP contribution in [0.15, 0.2) is 24.3 Å². The summed E-state index contributed by atoms with van der Waals surface area (Å²) < 4.78 is 13.6. The Balaban J connectivity index is 1.38. The lowest BCUT2D eigenvalue weighted by atomic mass is 9.93. The van der Waals surface area contributed by atoms with Crippen LogP contribution < -0.4 is 10.9 Å². The van der Waals surface area contributed by atoms with Crippen LogP contribution in [0.5, 0.6) is 0 Å². The number of piperazine rings is 1. The molecule has 2 heterocycles. The highest BCUT2D eigenvalue weighted by Crippen LogP contribution is 2.30. The summed E-state index contributed by atoms with van der Waals surface area (Å²) in [5.41, 5.74) is 7.62. The Morgan fingerprint density at radius 3 is 2.81 bits per heavy atom. The van der Waals surface area contributed by atoms with E-state index >= 15 is 0 Å². The maximum absolute atomic E-state index is 13.6. The van der Waals surface area contributed by atoms with E-state index in [1.807, 2.05) is 6.07 Å². The van der Waals surface area contributed by atoms with E-state index in [0.717, 1.165) is 50.7 Å². The number of benzene rings is 1. The molecule has 0 aromatic heterocycles. The largest absolute Gasteiger partial charge is 0.396 e. The second kappa shape index (κ2) is 8.97. The van der Waals surface area contributed by atoms with Gasteiger partial charge in [0.25, 0.3) is 0 Å². The number of nitrogens with zero attached hydrogens (tertiary/aromatic N) is 2. The molecule has 1 aromatic carbocycles. The molecular weight excluding hydrogens is 343 g/mol. The van der Waals surface area contributed by atoms with E-state index in [0.29, 0.717) is 12.0 Å². The fourth-order valence-corrected chi connectivity index (χ4v) is 5.32. The van der Waals surface area contributed by atoms with Gasteiger partial charge in [-0.3, -0.25) is 10.3 Å². The molecule has 0 spiro atoms. The molecule has 0 radical (unpaired) electrons. The highest BCUT2D eigenvalue weighted by atomic mass is 19.1. The predicted octanol–water partition coefficient (Wildman–Crippen LogP) is 1.90. The van der Waals surface area contributed by atoms with Gasteiger partial charge in [0.15, 0.2) is 0 Å². The van der Waals surface area contributed by atoms with Gasteiger partial charge in [0, 0.05) is 57.3 Å². The van der Waals surface area contributed by atoms with Crippen molar-refractivity contribution < 1.29 is 9.50 Å². The quantitative estimate of drug-likeness (QED) is 0.708. The first-order valence-corrected chi connectivity index (χ1v) is 10.6. The number of nitrogens with one attached hydrogen (secondary N) is 2. The van der Waals surface area contributed by atoms with E-state index < -0.39 is 0 Å². The van der Waals surface area contributed by atoms with Gasteiger partial charge in [0.1, 0.15) is 5.82 Å². The zero-order valence-electron chi connectivity index (χ0n) is 16.1. The van der Waals surface area contributed by atoms with Gasteiger partial charge in [-0.1, -0.05) is 25.0 Å². The third-order valence-corrected chi connectivity index (χ3v) is 6.66. The van der Waals surface area contributed by atoms with E-state index in [4.69, 9.17) is 0 Å². The van der Waals surface area contributed by atoms with Crippen LogP contribution in [0.3, 0.4) is 0 Å². The number of hydrogen-bond donors (Lipinski definition) is 3. The number of aliphatic hydroxyl groups is 1. The molecule has 6 heteroatoms. The number of aliphatic hydroxyl groups excluding tert-OH is 1. The van der Waals surface area contributed by atoms with Gasteiger partial charge in [-0.2, -0.15) is 0 Å². The lowest BCUT2D eigenvalue weighted by Gasteiger charge is -2.45. The lowest BCUT2D eigenvalue weighted by molar-refractivity contribution is 0.0237. The molecule has 5 nitrogen and oxygen atoms in total. The molecule has 150 valence electrons. The number of hydrogen-bond acceptors (Lipinski definition) is 5. The number of rotatable bonds is 6. The molecule has 2 saturated heterocycles. The molecule has 1 aliphatic carbocycles. The van der Waals surface area contributed by atoms with Crippen molar-refractivity contribution in [3.8, 4) is 0 Å². The van der Waals surface area contributed by atoms with Crippen molar-refractivity contribution in [3.05, 3.63) is 35.6 Å². The molecule has 1 aromatic rings. The zero-order chi connectivity index (χ0) is 18.6. The normalized spacial score (nSPS) is 31.0. The Hall–Kier alpha value is -1.05. The molecule has 3 N–H and O–H groups in total. The second-order valence-corrected chi connectivity index (χ2v) is 8.42. The summed E-state index contributed by atoms with van der Waals surface area (Å²) in [6, 6.07) is 8.27. The van der Waals surface area contributed by atoms with Gasteiger partial charge >= 0.3 is 0 Å². The number of hydrazine groups is 1. The van der Waals surface area contributed by atoms with Crippen molar-refractivity contribution in [2.24, 2.45) is 5.92 Å². The van der Waals surface area contributed by atoms with Crippen LogP contribution in [0.1, 0.15) is 43.7 Å². The molecule has 3 aliphatic rings. The van der Waals surface area contributed by atoms with Crippen LogP contribution in [0.2, 0.25) is 0 Å². The van der Waals surface area contributed by atoms with E-state index in [2.05, 4.69) is 20.7 Å². The Morgan fingerprint density at radius 1 is 1.19 bits per heavy atom. The second-order valence-electron chi connectivity index (χ2n) is 8.42. The van der Waals surface area contributed by atoms with Gasteiger partial charge in [-0.25, -0.2) is 9.82 Å². The van der Waals surface area contributed by atoms with Crippen molar-refractivity contribution in [2.75, 3.05) is 39.3 Å². The van der Waals surface area contributed by atoms with Gasteiger partial charge in [-0.05, 0) is 37.0 Å². The van der Waals surface area contributed by atoms with Crippen LogP contribution in [0, 0.1) is 11.7 Å². The molecule has 0 bridgehead atoms. The summed E-state index contributed by atoms with van der Waals surface area (Å²) in [7, 11) is 0. The summed E-state index contributed by atoms with van der Waals surface area (Å²) >= 11 is 0. The van der Waals surface area contributed by atoms with Gasteiger partial charge in [0.2, 0.25) is 0 Å². The van der Waals surface area contributed by atoms with Crippen molar-refractivity contribution in [2.45, 2.75) is 50.2 Å². The standard InChI is InChI=1S/C21H33FN4O/c22-18-5-3-4-16(12-18)21-17(13-23-24-21)14-25-9-10-26(19-6-1-2-7-19)20(15-25)8-11-27/h3-5,12,17,19-21,23-24,27H,1-2,6-11,13-15H2. The Morgan fingerprint density at radius 2 is 2.04 bits per heavy atom. The molecule has 3 unspecified atom stereocenters. The molecule has 3 fully saturated rings. The SMILES string of the molecule is OCCC1CN(CC2CNNC2c2cccc(F)c2)CCN1C1CCCC1. The van der Waals surface area contributed by atoms with E-state index in [1.54, 1.807) is 12.1 Å². The topological polar surface area (TPSA) is 50.8 Å². The predicted molar refractivity (Wildman–Crippen MR) is 105 cm³/mol. The highest BCUT2D eigenvalue weighted by Gasteiger charge is 2.36. The molecule has 1 saturated carbocycles. The molecule has 0 amide bonds. The summed E-state index contributed by atoms with van der Waals surface area (Å²) in [5.74, 6) is 0.243. The fraction of sp³-hybridized carbons (Fsp3) is 0.714. The van der Waals surface area contributed by atoms with Crippen LogP contribution in [-0.2, 0) is 0 Å². The summed E-state index contributed by atoms with van der Waals surface area (Å²) in [6.07, 6.45) is 6.21. The molecular formula is C21H33FN4O. The maximum Gasteiger partial charge on any atom is 0.123 e. The van der Waals surface area contributed by atoms with E-state index in [-0.39, 0.29) is 18.5 Å². The molecule has 27 heavy (non-hydrogen) atoms. The first-order chi connectivity index (χ1) is 13.2. The summed E-state index contributed by atoms with van der Waals surface area (Å²) in [4.78, 5) is 5.23. The first-order valence-electron chi connectivity index (χ1n) is 10.6. The monoisotopic (exact) mass is 376 g/mol. The minimum absolute atomic E-state index is 0.143. The van der Waals surface area contributed by atoms with Crippen molar-refractivity contribution >= 4 is 0 Å². The minimum atomic E-state index is -0.173. The smallest absolute Gasteiger partial charge is 0.123 e. The van der Waals surface area contributed by atoms with Crippen LogP contribution in [0.25, 0.3) is 0 Å². The highest BCUT2D eigenvalue weighted by molar-refractivity contribution is 5.22. The molecule has 4 rings (SSSR count). The molecule has 3 atom stereocenters. The van der Waals surface area contributed by atoms with Crippen molar-refractivity contribution in [1.82, 2.24) is 20.7 Å². The summed E-state index contributed by atoms with van der Waals surface area (Å²) in [6.45, 7) is 5.39. The minimum Gasteiger partial charge on any atom is -0.396 e. The summed E-state index contributed by atoms with van der Waals surface area (Å²) in [5, 5.41) is 9.57. The van der Waals surface area contributed by atoms with Crippen LogP contribution in [-0.4, -0.2) is 66.3 Å². The molecule has 2 aliphatic heterocycles.